The lowest BCUT2D eigenvalue weighted by molar-refractivity contribution is 0.0728. The van der Waals surface area contributed by atoms with Crippen molar-refractivity contribution in [3.8, 4) is 0 Å². The second kappa shape index (κ2) is 8.36. The highest BCUT2D eigenvalue weighted by Crippen LogP contribution is 2.24. The summed E-state index contributed by atoms with van der Waals surface area (Å²) in [6.45, 7) is 0.950. The third kappa shape index (κ3) is 6.38. The van der Waals surface area contributed by atoms with Crippen molar-refractivity contribution in [1.82, 2.24) is 0 Å². The van der Waals surface area contributed by atoms with Crippen molar-refractivity contribution in [2.75, 3.05) is 19.5 Å². The van der Waals surface area contributed by atoms with Gasteiger partial charge in [-0.2, -0.15) is 0 Å². The van der Waals surface area contributed by atoms with Crippen LogP contribution in [0.1, 0.15) is 38.5 Å². The Labute approximate surface area is 102 Å². The van der Waals surface area contributed by atoms with Crippen LogP contribution in [0.3, 0.4) is 0 Å². The van der Waals surface area contributed by atoms with Crippen LogP contribution < -0.4 is 0 Å². The molecule has 1 saturated heterocycles. The second-order valence-electron chi connectivity index (χ2n) is 3.70. The van der Waals surface area contributed by atoms with E-state index < -0.39 is 0 Å². The van der Waals surface area contributed by atoms with Gasteiger partial charge in [0, 0.05) is 13.0 Å². The minimum atomic E-state index is 0.452. The van der Waals surface area contributed by atoms with Gasteiger partial charge in [-0.3, -0.25) is 0 Å². The van der Waals surface area contributed by atoms with E-state index in [0.29, 0.717) is 5.44 Å². The van der Waals surface area contributed by atoms with E-state index in [0.717, 1.165) is 24.5 Å². The van der Waals surface area contributed by atoms with Crippen LogP contribution in [0.25, 0.3) is 0 Å². The van der Waals surface area contributed by atoms with Crippen LogP contribution in [-0.2, 0) is 9.47 Å². The van der Waals surface area contributed by atoms with Crippen LogP contribution in [0, 0.1) is 0 Å². The number of hydrogen-bond acceptors (Lipinski definition) is 4. The quantitative estimate of drug-likeness (QED) is 0.529. The second-order valence-corrected chi connectivity index (χ2v) is 5.42. The fourth-order valence-corrected chi connectivity index (χ4v) is 2.83. The molecular weight excluding hydrogens is 228 g/mol. The molecule has 1 atom stereocenters. The van der Waals surface area contributed by atoms with Crippen LogP contribution >= 0.6 is 24.0 Å². The molecule has 1 aliphatic heterocycles. The van der Waals surface area contributed by atoms with Gasteiger partial charge in [0.2, 0.25) is 0 Å². The minimum Gasteiger partial charge on any atom is -0.490 e. The lowest BCUT2D eigenvalue weighted by Crippen LogP contribution is -2.15. The number of hydrogen-bond donors (Lipinski definition) is 0. The van der Waals surface area contributed by atoms with Gasteiger partial charge in [-0.15, -0.1) is 11.8 Å². The SMILES string of the molecule is COC(=S)CCCCSC1CCCCO1. The zero-order valence-electron chi connectivity index (χ0n) is 9.37. The van der Waals surface area contributed by atoms with Crippen molar-refractivity contribution in [2.45, 2.75) is 44.0 Å². The topological polar surface area (TPSA) is 18.5 Å². The molecule has 0 spiro atoms. The van der Waals surface area contributed by atoms with Crippen molar-refractivity contribution in [1.29, 1.82) is 0 Å². The summed E-state index contributed by atoms with van der Waals surface area (Å²) >= 11 is 6.93. The Morgan fingerprint density at radius 2 is 2.33 bits per heavy atom. The first-order chi connectivity index (χ1) is 7.33. The van der Waals surface area contributed by atoms with Gasteiger partial charge in [-0.1, -0.05) is 0 Å². The first kappa shape index (κ1) is 13.3. The normalized spacial score (nSPS) is 21.3. The van der Waals surface area contributed by atoms with Crippen molar-refractivity contribution >= 4 is 29.0 Å². The van der Waals surface area contributed by atoms with Crippen molar-refractivity contribution < 1.29 is 9.47 Å². The monoisotopic (exact) mass is 248 g/mol. The molecule has 1 unspecified atom stereocenters. The van der Waals surface area contributed by atoms with Gasteiger partial charge in [0.1, 0.15) is 5.44 Å². The molecule has 0 aromatic carbocycles. The first-order valence-electron chi connectivity index (χ1n) is 5.63. The standard InChI is InChI=1S/C11H20O2S2/c1-12-10(14)6-3-5-9-15-11-7-2-4-8-13-11/h11H,2-9H2,1H3. The minimum absolute atomic E-state index is 0.452. The van der Waals surface area contributed by atoms with Gasteiger partial charge in [0.15, 0.2) is 5.05 Å². The number of thioether (sulfide) groups is 1. The van der Waals surface area contributed by atoms with E-state index in [4.69, 9.17) is 21.7 Å². The number of thiocarbonyl (C=S) groups is 1. The average molecular weight is 248 g/mol. The van der Waals surface area contributed by atoms with Gasteiger partial charge < -0.3 is 9.47 Å². The van der Waals surface area contributed by atoms with Crippen LogP contribution in [0.15, 0.2) is 0 Å². The number of methoxy groups -OCH3 is 1. The van der Waals surface area contributed by atoms with E-state index in [-0.39, 0.29) is 0 Å². The Morgan fingerprint density at radius 1 is 1.47 bits per heavy atom. The summed E-state index contributed by atoms with van der Waals surface area (Å²) in [5.41, 5.74) is 0.452. The maximum absolute atomic E-state index is 5.64. The molecule has 88 valence electrons. The molecule has 0 amide bonds. The molecule has 1 fully saturated rings. The molecule has 0 saturated carbocycles. The molecule has 1 rings (SSSR count). The summed E-state index contributed by atoms with van der Waals surface area (Å²) in [6, 6.07) is 0. The van der Waals surface area contributed by atoms with E-state index in [2.05, 4.69) is 0 Å². The van der Waals surface area contributed by atoms with E-state index in [1.165, 1.54) is 31.4 Å². The number of rotatable bonds is 6. The van der Waals surface area contributed by atoms with Gasteiger partial charge in [0.25, 0.3) is 0 Å². The summed E-state index contributed by atoms with van der Waals surface area (Å²) in [4.78, 5) is 0. The van der Waals surface area contributed by atoms with E-state index in [1.54, 1.807) is 7.11 Å². The molecule has 0 radical (unpaired) electrons. The van der Waals surface area contributed by atoms with E-state index in [1.807, 2.05) is 11.8 Å². The van der Waals surface area contributed by atoms with Crippen molar-refractivity contribution in [3.63, 3.8) is 0 Å². The van der Waals surface area contributed by atoms with Gasteiger partial charge >= 0.3 is 0 Å². The maximum atomic E-state index is 5.64. The predicted molar refractivity (Wildman–Crippen MR) is 69.5 cm³/mol. The largest absolute Gasteiger partial charge is 0.490 e. The van der Waals surface area contributed by atoms with E-state index >= 15 is 0 Å². The molecule has 0 aromatic rings. The lowest BCUT2D eigenvalue weighted by Gasteiger charge is -2.21. The fraction of sp³-hybridized carbons (Fsp3) is 0.909. The Bertz CT molecular complexity index is 179. The summed E-state index contributed by atoms with van der Waals surface area (Å²) in [7, 11) is 1.65. The fourth-order valence-electron chi connectivity index (χ4n) is 1.53. The molecule has 15 heavy (non-hydrogen) atoms. The number of unbranched alkanes of at least 4 members (excludes halogenated alkanes) is 1. The van der Waals surface area contributed by atoms with Crippen molar-refractivity contribution in [2.24, 2.45) is 0 Å². The predicted octanol–water partition coefficient (Wildman–Crippen LogP) is 3.39. The summed E-state index contributed by atoms with van der Waals surface area (Å²) in [5.74, 6) is 1.18. The van der Waals surface area contributed by atoms with Crippen LogP contribution in [-0.4, -0.2) is 30.0 Å². The molecule has 0 N–H and O–H groups in total. The van der Waals surface area contributed by atoms with Crippen LogP contribution in [0.5, 0.6) is 0 Å². The van der Waals surface area contributed by atoms with Crippen LogP contribution in [0.2, 0.25) is 0 Å². The van der Waals surface area contributed by atoms with Gasteiger partial charge in [-0.25, -0.2) is 0 Å². The molecule has 0 bridgehead atoms. The van der Waals surface area contributed by atoms with Gasteiger partial charge in [-0.05, 0) is 50.1 Å². The molecule has 2 nitrogen and oxygen atoms in total. The zero-order chi connectivity index (χ0) is 10.9. The Kier molecular flexibility index (Phi) is 7.40. The molecule has 4 heteroatoms. The first-order valence-corrected chi connectivity index (χ1v) is 7.08. The highest BCUT2D eigenvalue weighted by atomic mass is 32.2. The highest BCUT2D eigenvalue weighted by Gasteiger charge is 2.13. The lowest BCUT2D eigenvalue weighted by atomic mass is 10.2. The molecular formula is C11H20O2S2. The molecule has 0 aromatic heterocycles. The maximum Gasteiger partial charge on any atom is 0.159 e. The van der Waals surface area contributed by atoms with E-state index in [9.17, 15) is 0 Å². The average Bonchev–Trinajstić information content (AvgIpc) is 2.29. The Balaban J connectivity index is 1.89. The Hall–Kier alpha value is 0.200. The third-order valence-corrected chi connectivity index (χ3v) is 4.08. The summed E-state index contributed by atoms with van der Waals surface area (Å²) in [6.07, 6.45) is 7.03. The van der Waals surface area contributed by atoms with Crippen molar-refractivity contribution in [3.05, 3.63) is 0 Å². The highest BCUT2D eigenvalue weighted by molar-refractivity contribution is 7.99. The number of ether oxygens (including phenoxy) is 2. The third-order valence-electron chi connectivity index (χ3n) is 2.44. The molecule has 0 aliphatic carbocycles. The summed E-state index contributed by atoms with van der Waals surface area (Å²) < 4.78 is 10.6. The smallest absolute Gasteiger partial charge is 0.159 e. The molecule has 1 aliphatic rings. The van der Waals surface area contributed by atoms with Gasteiger partial charge in [0.05, 0.1) is 7.11 Å². The summed E-state index contributed by atoms with van der Waals surface area (Å²) in [5, 5.41) is 0.730. The Morgan fingerprint density at radius 3 is 3.00 bits per heavy atom. The zero-order valence-corrected chi connectivity index (χ0v) is 11.0. The molecule has 1 heterocycles. The van der Waals surface area contributed by atoms with Crippen LogP contribution in [0.4, 0.5) is 0 Å².